The molecule has 1 fully saturated rings. The molecule has 0 radical (unpaired) electrons. The zero-order valence-electron chi connectivity index (χ0n) is 20.2. The Kier molecular flexibility index (Phi) is 10.3. The van der Waals surface area contributed by atoms with Crippen LogP contribution in [0.5, 0.6) is 0 Å². The zero-order chi connectivity index (χ0) is 26.5. The van der Waals surface area contributed by atoms with E-state index in [0.29, 0.717) is 21.3 Å². The third kappa shape index (κ3) is 7.97. The van der Waals surface area contributed by atoms with Gasteiger partial charge in [0.2, 0.25) is 21.8 Å². The summed E-state index contributed by atoms with van der Waals surface area (Å²) in [5.74, 6) is -0.795. The summed E-state index contributed by atoms with van der Waals surface area (Å²) in [5, 5.41) is 3.88. The summed E-state index contributed by atoms with van der Waals surface area (Å²) in [6, 6.07) is 11.0. The lowest BCUT2D eigenvalue weighted by atomic mass is 9.95. The Labute approximate surface area is 236 Å². The van der Waals surface area contributed by atoms with Gasteiger partial charge in [0.25, 0.3) is 0 Å². The second kappa shape index (κ2) is 12.8. The van der Waals surface area contributed by atoms with Crippen LogP contribution in [0.3, 0.4) is 0 Å². The number of anilines is 1. The molecule has 11 heteroatoms. The average Bonchev–Trinajstić information content (AvgIpc) is 2.82. The standard InChI is InChI=1S/C25H30Cl2IN3O4S/c1-17(25(33)29-21-6-4-3-5-7-21)30(15-18-8-9-19(26)14-23(18)27)24(32)16-31(36(2,34)35)22-12-10-20(28)11-13-22/h8-14,17,21H,3-7,15-16H2,1-2H3,(H,29,33). The second-order valence-electron chi connectivity index (χ2n) is 9.02. The van der Waals surface area contributed by atoms with E-state index in [1.165, 1.54) is 4.90 Å². The average molecular weight is 666 g/mol. The van der Waals surface area contributed by atoms with Crippen molar-refractivity contribution in [1.29, 1.82) is 0 Å². The molecule has 0 bridgehead atoms. The van der Waals surface area contributed by atoms with Gasteiger partial charge in [-0.05, 0) is 84.3 Å². The molecule has 1 atom stereocenters. The van der Waals surface area contributed by atoms with Gasteiger partial charge in [0.1, 0.15) is 12.6 Å². The fourth-order valence-electron chi connectivity index (χ4n) is 4.21. The number of benzene rings is 2. The molecule has 1 saturated carbocycles. The highest BCUT2D eigenvalue weighted by Crippen LogP contribution is 2.25. The first-order valence-corrected chi connectivity index (χ1v) is 15.4. The minimum atomic E-state index is -3.78. The second-order valence-corrected chi connectivity index (χ2v) is 13.0. The Morgan fingerprint density at radius 3 is 2.31 bits per heavy atom. The van der Waals surface area contributed by atoms with Gasteiger partial charge in [-0.2, -0.15) is 0 Å². The maximum atomic E-state index is 13.6. The van der Waals surface area contributed by atoms with E-state index in [4.69, 9.17) is 23.2 Å². The Morgan fingerprint density at radius 1 is 1.08 bits per heavy atom. The molecule has 196 valence electrons. The first kappa shape index (κ1) is 29.0. The number of nitrogens with zero attached hydrogens (tertiary/aromatic N) is 2. The van der Waals surface area contributed by atoms with Gasteiger partial charge < -0.3 is 10.2 Å². The summed E-state index contributed by atoms with van der Waals surface area (Å²) in [4.78, 5) is 28.2. The van der Waals surface area contributed by atoms with Gasteiger partial charge in [0, 0.05) is 26.2 Å². The third-order valence-corrected chi connectivity index (χ3v) is 8.72. The van der Waals surface area contributed by atoms with Crippen molar-refractivity contribution in [2.75, 3.05) is 17.1 Å². The van der Waals surface area contributed by atoms with Crippen LogP contribution in [0.1, 0.15) is 44.6 Å². The van der Waals surface area contributed by atoms with Crippen molar-refractivity contribution >= 4 is 73.3 Å². The maximum absolute atomic E-state index is 13.6. The summed E-state index contributed by atoms with van der Waals surface area (Å²) in [6.45, 7) is 1.22. The zero-order valence-corrected chi connectivity index (χ0v) is 24.7. The van der Waals surface area contributed by atoms with Gasteiger partial charge in [-0.15, -0.1) is 0 Å². The van der Waals surface area contributed by atoms with Gasteiger partial charge in [0.15, 0.2) is 0 Å². The van der Waals surface area contributed by atoms with Crippen molar-refractivity contribution in [3.8, 4) is 0 Å². The Balaban J connectivity index is 1.89. The van der Waals surface area contributed by atoms with Crippen LogP contribution in [-0.4, -0.2) is 50.0 Å². The van der Waals surface area contributed by atoms with Crippen molar-refractivity contribution in [1.82, 2.24) is 10.2 Å². The summed E-state index contributed by atoms with van der Waals surface area (Å²) < 4.78 is 27.2. The van der Waals surface area contributed by atoms with Crippen LogP contribution in [0.4, 0.5) is 5.69 Å². The Bertz CT molecular complexity index is 1190. The highest BCUT2D eigenvalue weighted by atomic mass is 127. The highest BCUT2D eigenvalue weighted by Gasteiger charge is 2.31. The van der Waals surface area contributed by atoms with E-state index in [0.717, 1.165) is 46.2 Å². The highest BCUT2D eigenvalue weighted by molar-refractivity contribution is 14.1. The predicted octanol–water partition coefficient (Wildman–Crippen LogP) is 5.23. The van der Waals surface area contributed by atoms with Crippen LogP contribution in [0.15, 0.2) is 42.5 Å². The van der Waals surface area contributed by atoms with Crippen LogP contribution in [0.25, 0.3) is 0 Å². The molecule has 1 aliphatic rings. The number of amides is 2. The molecule has 0 spiro atoms. The van der Waals surface area contributed by atoms with Gasteiger partial charge in [0.05, 0.1) is 11.9 Å². The van der Waals surface area contributed by atoms with E-state index in [9.17, 15) is 18.0 Å². The fraction of sp³-hybridized carbons (Fsp3) is 0.440. The first-order chi connectivity index (χ1) is 17.0. The molecule has 3 rings (SSSR count). The van der Waals surface area contributed by atoms with E-state index in [2.05, 4.69) is 27.9 Å². The quantitative estimate of drug-likeness (QED) is 0.372. The van der Waals surface area contributed by atoms with Gasteiger partial charge in [-0.25, -0.2) is 8.42 Å². The molecule has 2 amide bonds. The first-order valence-electron chi connectivity index (χ1n) is 11.7. The van der Waals surface area contributed by atoms with Crippen LogP contribution in [0, 0.1) is 3.57 Å². The third-order valence-electron chi connectivity index (χ3n) is 6.27. The molecular weight excluding hydrogens is 636 g/mol. The maximum Gasteiger partial charge on any atom is 0.244 e. The molecule has 1 N–H and O–H groups in total. The molecule has 1 unspecified atom stereocenters. The predicted molar refractivity (Wildman–Crippen MR) is 153 cm³/mol. The molecule has 36 heavy (non-hydrogen) atoms. The van der Waals surface area contributed by atoms with E-state index in [1.807, 2.05) is 0 Å². The number of carbonyl (C=O) groups excluding carboxylic acids is 2. The fourth-order valence-corrected chi connectivity index (χ4v) is 5.88. The van der Waals surface area contributed by atoms with E-state index in [1.54, 1.807) is 49.4 Å². The number of hydrogen-bond donors (Lipinski definition) is 1. The SMILES string of the molecule is CC(C(=O)NC1CCCCC1)N(Cc1ccc(Cl)cc1Cl)C(=O)CN(c1ccc(I)cc1)S(C)(=O)=O. The summed E-state index contributed by atoms with van der Waals surface area (Å²) in [7, 11) is -3.78. The normalized spacial score (nSPS) is 15.2. The van der Waals surface area contributed by atoms with Gasteiger partial charge in [-0.1, -0.05) is 48.5 Å². The van der Waals surface area contributed by atoms with Crippen molar-refractivity contribution in [2.24, 2.45) is 0 Å². The molecule has 1 aliphatic carbocycles. The number of hydrogen-bond acceptors (Lipinski definition) is 4. The van der Waals surface area contributed by atoms with Crippen molar-refractivity contribution in [3.63, 3.8) is 0 Å². The number of nitrogens with one attached hydrogen (secondary N) is 1. The molecule has 0 saturated heterocycles. The van der Waals surface area contributed by atoms with Crippen molar-refractivity contribution in [2.45, 2.75) is 57.7 Å². The summed E-state index contributed by atoms with van der Waals surface area (Å²) >= 11 is 14.5. The minimum Gasteiger partial charge on any atom is -0.352 e. The monoisotopic (exact) mass is 665 g/mol. The Morgan fingerprint density at radius 2 is 1.72 bits per heavy atom. The lowest BCUT2D eigenvalue weighted by Crippen LogP contribution is -2.53. The largest absolute Gasteiger partial charge is 0.352 e. The smallest absolute Gasteiger partial charge is 0.244 e. The lowest BCUT2D eigenvalue weighted by Gasteiger charge is -2.33. The lowest BCUT2D eigenvalue weighted by molar-refractivity contribution is -0.139. The van der Waals surface area contributed by atoms with Crippen molar-refractivity contribution in [3.05, 3.63) is 61.6 Å². The number of rotatable bonds is 9. The molecular formula is C25H30Cl2IN3O4S. The number of halogens is 3. The van der Waals surface area contributed by atoms with E-state index < -0.39 is 28.5 Å². The molecule has 0 aliphatic heterocycles. The molecule has 7 nitrogen and oxygen atoms in total. The Hall–Kier alpha value is -1.56. The van der Waals surface area contributed by atoms with E-state index >= 15 is 0 Å². The van der Waals surface area contributed by atoms with Crippen LogP contribution in [-0.2, 0) is 26.2 Å². The van der Waals surface area contributed by atoms with Gasteiger partial charge in [-0.3, -0.25) is 13.9 Å². The van der Waals surface area contributed by atoms with Gasteiger partial charge >= 0.3 is 0 Å². The van der Waals surface area contributed by atoms with Crippen LogP contribution in [0.2, 0.25) is 10.0 Å². The minimum absolute atomic E-state index is 0.0262. The topological polar surface area (TPSA) is 86.8 Å². The molecule has 2 aromatic rings. The van der Waals surface area contributed by atoms with Crippen LogP contribution >= 0.6 is 45.8 Å². The number of carbonyl (C=O) groups is 2. The molecule has 0 heterocycles. The number of sulfonamides is 1. The molecule has 2 aromatic carbocycles. The molecule has 0 aromatic heterocycles. The van der Waals surface area contributed by atoms with Crippen LogP contribution < -0.4 is 9.62 Å². The summed E-state index contributed by atoms with van der Waals surface area (Å²) in [6.07, 6.45) is 6.14. The summed E-state index contributed by atoms with van der Waals surface area (Å²) in [5.41, 5.74) is 0.974. The van der Waals surface area contributed by atoms with E-state index in [-0.39, 0.29) is 18.5 Å². The van der Waals surface area contributed by atoms with Crippen molar-refractivity contribution < 1.29 is 18.0 Å².